The minimum Gasteiger partial charge on any atom is -0.338 e. The fourth-order valence-electron chi connectivity index (χ4n) is 2.87. The summed E-state index contributed by atoms with van der Waals surface area (Å²) in [5.74, 6) is -0.770. The maximum atomic E-state index is 14.3. The van der Waals surface area contributed by atoms with Crippen LogP contribution in [-0.4, -0.2) is 45.2 Å². The van der Waals surface area contributed by atoms with Crippen LogP contribution < -0.4 is 15.8 Å². The molecule has 0 amide bonds. The second kappa shape index (κ2) is 9.79. The molecule has 2 aliphatic carbocycles. The van der Waals surface area contributed by atoms with Gasteiger partial charge in [0, 0.05) is 36.3 Å². The number of aromatic nitrogens is 2. The molecule has 13 heteroatoms. The minimum atomic E-state index is -3.79. The number of anilines is 2. The zero-order valence-corrected chi connectivity index (χ0v) is 19.5. The van der Waals surface area contributed by atoms with E-state index in [4.69, 9.17) is 5.14 Å². The molecule has 0 saturated heterocycles. The lowest BCUT2D eigenvalue weighted by Crippen LogP contribution is -2.20. The first-order valence-corrected chi connectivity index (χ1v) is 12.7. The Hall–Kier alpha value is -3.13. The van der Waals surface area contributed by atoms with Crippen molar-refractivity contribution in [3.8, 4) is 0 Å². The van der Waals surface area contributed by atoms with Gasteiger partial charge in [-0.15, -0.1) is 0 Å². The monoisotopic (exact) mass is 494 g/mol. The molecule has 1 heterocycles. The summed E-state index contributed by atoms with van der Waals surface area (Å²) < 4.78 is 62.1. The molecule has 176 valence electrons. The third kappa shape index (κ3) is 7.18. The van der Waals surface area contributed by atoms with Gasteiger partial charge in [-0.3, -0.25) is 0 Å². The molecule has 1 aromatic rings. The van der Waals surface area contributed by atoms with Crippen LogP contribution in [0.1, 0.15) is 12.8 Å². The van der Waals surface area contributed by atoms with Gasteiger partial charge >= 0.3 is 0 Å². The van der Waals surface area contributed by atoms with Crippen molar-refractivity contribution < 1.29 is 21.2 Å². The number of nitrogens with one attached hydrogen (secondary N) is 2. The Kier molecular flexibility index (Phi) is 7.27. The average molecular weight is 495 g/mol. The number of hydrogen-bond donors (Lipinski definition) is 3. The molecule has 33 heavy (non-hydrogen) atoms. The molecule has 0 saturated carbocycles. The van der Waals surface area contributed by atoms with Gasteiger partial charge in [0.25, 0.3) is 0 Å². The van der Waals surface area contributed by atoms with E-state index in [0.717, 1.165) is 21.3 Å². The van der Waals surface area contributed by atoms with E-state index in [1.165, 1.54) is 14.1 Å². The summed E-state index contributed by atoms with van der Waals surface area (Å²) in [6, 6.07) is 0. The Morgan fingerprint density at radius 2 is 1.58 bits per heavy atom. The van der Waals surface area contributed by atoms with Crippen LogP contribution in [0.15, 0.2) is 76.0 Å². The third-order valence-electron chi connectivity index (χ3n) is 4.37. The van der Waals surface area contributed by atoms with Gasteiger partial charge < -0.3 is 10.6 Å². The van der Waals surface area contributed by atoms with Gasteiger partial charge in [-0.25, -0.2) is 35.7 Å². The fraction of sp³-hybridized carbons (Fsp3) is 0.200. The Labute approximate surface area is 191 Å². The van der Waals surface area contributed by atoms with Crippen LogP contribution in [0.3, 0.4) is 0 Å². The molecule has 0 fully saturated rings. The highest BCUT2D eigenvalue weighted by Gasteiger charge is 2.14. The summed E-state index contributed by atoms with van der Waals surface area (Å²) in [6.45, 7) is 0. The third-order valence-corrected chi connectivity index (χ3v) is 6.62. The number of primary sulfonamides is 1. The Bertz CT molecular complexity index is 1340. The van der Waals surface area contributed by atoms with Crippen molar-refractivity contribution in [1.82, 2.24) is 14.3 Å². The number of halogens is 1. The second-order valence-corrected chi connectivity index (χ2v) is 10.8. The van der Waals surface area contributed by atoms with Crippen LogP contribution in [-0.2, 0) is 20.0 Å². The van der Waals surface area contributed by atoms with E-state index >= 15 is 0 Å². The lowest BCUT2D eigenvalue weighted by Gasteiger charge is -2.15. The number of allylic oxidation sites excluding steroid dienone is 8. The van der Waals surface area contributed by atoms with Crippen LogP contribution in [0.2, 0.25) is 0 Å². The Balaban J connectivity index is 1.81. The molecular formula is C20H23FN6O4S2. The molecule has 0 radical (unpaired) electrons. The lowest BCUT2D eigenvalue weighted by atomic mass is 10.1. The summed E-state index contributed by atoms with van der Waals surface area (Å²) in [6.07, 6.45) is 11.8. The molecular weight excluding hydrogens is 471 g/mol. The summed E-state index contributed by atoms with van der Waals surface area (Å²) in [5.41, 5.74) is 1.92. The number of rotatable bonds is 7. The highest BCUT2D eigenvalue weighted by Crippen LogP contribution is 2.22. The van der Waals surface area contributed by atoms with E-state index in [1.54, 1.807) is 36.5 Å². The maximum absolute atomic E-state index is 14.3. The van der Waals surface area contributed by atoms with Crippen molar-refractivity contribution in [2.45, 2.75) is 12.8 Å². The topological polar surface area (TPSA) is 147 Å². The fourth-order valence-corrected chi connectivity index (χ4v) is 4.21. The standard InChI is InChI=1S/C20H23FN6O4S2/c1-27(2)33(30,31)13-15-6-4-7-16(10-15)24-19-18(21)11-23-20(26-19)25-17-8-3-5-14(9-17)12-32(22,28)29/h3-4,7-13H,5-6H2,1-2H3,(H2,22,28,29)(H2,23,24,25,26). The van der Waals surface area contributed by atoms with E-state index in [0.29, 0.717) is 35.4 Å². The van der Waals surface area contributed by atoms with E-state index in [9.17, 15) is 21.2 Å². The van der Waals surface area contributed by atoms with E-state index in [-0.39, 0.29) is 11.8 Å². The lowest BCUT2D eigenvalue weighted by molar-refractivity contribution is 0.530. The van der Waals surface area contributed by atoms with Gasteiger partial charge in [-0.05, 0) is 48.3 Å². The van der Waals surface area contributed by atoms with E-state index < -0.39 is 25.9 Å². The first-order valence-electron chi connectivity index (χ1n) is 9.61. The number of hydrogen-bond acceptors (Lipinski definition) is 8. The van der Waals surface area contributed by atoms with E-state index in [2.05, 4.69) is 20.6 Å². The van der Waals surface area contributed by atoms with Gasteiger partial charge in [0.15, 0.2) is 11.6 Å². The molecule has 0 spiro atoms. The van der Waals surface area contributed by atoms with Crippen molar-refractivity contribution in [2.75, 3.05) is 24.7 Å². The highest BCUT2D eigenvalue weighted by molar-refractivity contribution is 7.92. The summed E-state index contributed by atoms with van der Waals surface area (Å²) in [5, 5.41) is 12.9. The molecule has 4 N–H and O–H groups in total. The molecule has 0 unspecified atom stereocenters. The summed E-state index contributed by atoms with van der Waals surface area (Å²) >= 11 is 0. The van der Waals surface area contributed by atoms with Crippen LogP contribution >= 0.6 is 0 Å². The highest BCUT2D eigenvalue weighted by atomic mass is 32.2. The smallest absolute Gasteiger partial charge is 0.235 e. The molecule has 10 nitrogen and oxygen atoms in total. The van der Waals surface area contributed by atoms with Crippen molar-refractivity contribution in [2.24, 2.45) is 5.14 Å². The summed E-state index contributed by atoms with van der Waals surface area (Å²) in [7, 11) is -4.47. The average Bonchev–Trinajstić information content (AvgIpc) is 2.69. The second-order valence-electron chi connectivity index (χ2n) is 7.35. The summed E-state index contributed by atoms with van der Waals surface area (Å²) in [4.78, 5) is 8.02. The number of nitrogens with two attached hydrogens (primary N) is 1. The van der Waals surface area contributed by atoms with E-state index in [1.807, 2.05) is 0 Å². The van der Waals surface area contributed by atoms with Gasteiger partial charge in [0.1, 0.15) is 0 Å². The first-order chi connectivity index (χ1) is 15.4. The molecule has 2 aliphatic rings. The minimum absolute atomic E-state index is 0.0676. The van der Waals surface area contributed by atoms with Crippen molar-refractivity contribution in [1.29, 1.82) is 0 Å². The first kappa shape index (κ1) is 24.5. The Morgan fingerprint density at radius 1 is 1.00 bits per heavy atom. The SMILES string of the molecule is CN(C)S(=O)(=O)C=C1C=C(Nc2nc(NC3=CC(=CS(N)(=O)=O)CC=C3)ncc2F)C=CC1. The molecule has 0 aromatic carbocycles. The van der Waals surface area contributed by atoms with Gasteiger partial charge in [0.05, 0.1) is 6.20 Å². The zero-order valence-electron chi connectivity index (χ0n) is 17.9. The van der Waals surface area contributed by atoms with Gasteiger partial charge in [-0.1, -0.05) is 12.2 Å². The molecule has 0 aliphatic heterocycles. The quantitative estimate of drug-likeness (QED) is 0.522. The Morgan fingerprint density at radius 3 is 2.15 bits per heavy atom. The zero-order chi connectivity index (χ0) is 24.2. The van der Waals surface area contributed by atoms with Crippen LogP contribution in [0.5, 0.6) is 0 Å². The van der Waals surface area contributed by atoms with Crippen LogP contribution in [0.25, 0.3) is 0 Å². The normalized spacial score (nSPS) is 19.1. The number of sulfonamides is 2. The molecule has 3 rings (SSSR count). The number of nitrogens with zero attached hydrogens (tertiary/aromatic N) is 3. The maximum Gasteiger partial charge on any atom is 0.235 e. The van der Waals surface area contributed by atoms with Gasteiger partial charge in [0.2, 0.25) is 26.0 Å². The van der Waals surface area contributed by atoms with Crippen LogP contribution in [0.4, 0.5) is 16.2 Å². The molecule has 0 bridgehead atoms. The predicted octanol–water partition coefficient (Wildman–Crippen LogP) is 2.07. The molecule has 0 atom stereocenters. The van der Waals surface area contributed by atoms with Crippen molar-refractivity contribution in [3.63, 3.8) is 0 Å². The predicted molar refractivity (Wildman–Crippen MR) is 125 cm³/mol. The van der Waals surface area contributed by atoms with Crippen LogP contribution in [0, 0.1) is 5.82 Å². The van der Waals surface area contributed by atoms with Crippen molar-refractivity contribution >= 4 is 31.8 Å². The van der Waals surface area contributed by atoms with Gasteiger partial charge in [-0.2, -0.15) is 4.98 Å². The molecule has 1 aromatic heterocycles. The largest absolute Gasteiger partial charge is 0.338 e. The van der Waals surface area contributed by atoms with Crippen molar-refractivity contribution in [3.05, 3.63) is 81.8 Å².